The van der Waals surface area contributed by atoms with E-state index in [0.717, 1.165) is 21.5 Å². The SMILES string of the molecule is C[C@H](C(=O)NCCSc1ccccc1)N(c1cccc([N+](=O)[O-])c1)S(C)(=O)=O. The van der Waals surface area contributed by atoms with Crippen molar-refractivity contribution in [3.05, 3.63) is 64.7 Å². The van der Waals surface area contributed by atoms with E-state index in [1.807, 2.05) is 30.3 Å². The molecule has 0 saturated carbocycles. The van der Waals surface area contributed by atoms with E-state index >= 15 is 0 Å². The maximum atomic E-state index is 12.5. The molecule has 8 nitrogen and oxygen atoms in total. The van der Waals surface area contributed by atoms with Gasteiger partial charge in [-0.1, -0.05) is 24.3 Å². The third kappa shape index (κ3) is 5.96. The van der Waals surface area contributed by atoms with Crippen molar-refractivity contribution in [2.75, 3.05) is 22.9 Å². The van der Waals surface area contributed by atoms with Crippen LogP contribution in [-0.4, -0.2) is 43.8 Å². The number of carbonyl (C=O) groups excluding carboxylic acids is 1. The number of hydrogen-bond donors (Lipinski definition) is 1. The number of nitro benzene ring substituents is 1. The lowest BCUT2D eigenvalue weighted by Crippen LogP contribution is -2.48. The smallest absolute Gasteiger partial charge is 0.271 e. The van der Waals surface area contributed by atoms with Crippen LogP contribution in [-0.2, 0) is 14.8 Å². The minimum atomic E-state index is -3.83. The standard InChI is InChI=1S/C18H21N3O5S2/c1-14(18(22)19-11-12-27-17-9-4-3-5-10-17)20(28(2,25)26)15-7-6-8-16(13-15)21(23)24/h3-10,13-14H,11-12H2,1-2H3,(H,19,22)/t14-/m1/s1. The summed E-state index contributed by atoms with van der Waals surface area (Å²) < 4.78 is 25.4. The molecular weight excluding hydrogens is 402 g/mol. The molecule has 2 aromatic carbocycles. The molecule has 0 bridgehead atoms. The highest BCUT2D eigenvalue weighted by Gasteiger charge is 2.29. The Morgan fingerprint density at radius 3 is 2.50 bits per heavy atom. The maximum absolute atomic E-state index is 12.5. The number of hydrogen-bond acceptors (Lipinski definition) is 6. The second-order valence-electron chi connectivity index (χ2n) is 5.96. The van der Waals surface area contributed by atoms with Gasteiger partial charge in [-0.3, -0.25) is 19.2 Å². The number of non-ortho nitro benzene ring substituents is 1. The Balaban J connectivity index is 2.06. The van der Waals surface area contributed by atoms with Crippen LogP contribution in [0.4, 0.5) is 11.4 Å². The van der Waals surface area contributed by atoms with Crippen molar-refractivity contribution in [3.63, 3.8) is 0 Å². The number of anilines is 1. The summed E-state index contributed by atoms with van der Waals surface area (Å²) in [5.41, 5.74) is -0.184. The van der Waals surface area contributed by atoms with Crippen LogP contribution >= 0.6 is 11.8 Å². The van der Waals surface area contributed by atoms with Gasteiger partial charge < -0.3 is 5.32 Å². The molecule has 0 spiro atoms. The van der Waals surface area contributed by atoms with Gasteiger partial charge >= 0.3 is 0 Å². The number of rotatable bonds is 9. The summed E-state index contributed by atoms with van der Waals surface area (Å²) >= 11 is 1.57. The Hall–Kier alpha value is -2.59. The highest BCUT2D eigenvalue weighted by atomic mass is 32.2. The molecule has 2 rings (SSSR count). The first-order chi connectivity index (χ1) is 13.2. The van der Waals surface area contributed by atoms with Crippen LogP contribution < -0.4 is 9.62 Å². The second kappa shape index (κ2) is 9.56. The highest BCUT2D eigenvalue weighted by Crippen LogP contribution is 2.25. The molecule has 0 aromatic heterocycles. The van der Waals surface area contributed by atoms with Crippen LogP contribution in [0.2, 0.25) is 0 Å². The zero-order valence-electron chi connectivity index (χ0n) is 15.4. The number of benzene rings is 2. The lowest BCUT2D eigenvalue weighted by atomic mass is 10.2. The van der Waals surface area contributed by atoms with Crippen molar-refractivity contribution in [1.82, 2.24) is 5.32 Å². The van der Waals surface area contributed by atoms with E-state index < -0.39 is 26.9 Å². The van der Waals surface area contributed by atoms with Gasteiger partial charge in [-0.2, -0.15) is 0 Å². The van der Waals surface area contributed by atoms with Crippen LogP contribution in [0.25, 0.3) is 0 Å². The van der Waals surface area contributed by atoms with E-state index in [-0.39, 0.29) is 11.4 Å². The first kappa shape index (κ1) is 21.7. The van der Waals surface area contributed by atoms with Gasteiger partial charge in [0, 0.05) is 29.3 Å². The second-order valence-corrected chi connectivity index (χ2v) is 8.99. The molecule has 1 amide bonds. The molecule has 0 radical (unpaired) electrons. The van der Waals surface area contributed by atoms with E-state index in [0.29, 0.717) is 12.3 Å². The number of nitrogens with one attached hydrogen (secondary N) is 1. The number of carbonyl (C=O) groups is 1. The zero-order valence-corrected chi connectivity index (χ0v) is 17.1. The highest BCUT2D eigenvalue weighted by molar-refractivity contribution is 7.99. The molecule has 28 heavy (non-hydrogen) atoms. The Morgan fingerprint density at radius 2 is 1.89 bits per heavy atom. The number of nitrogens with zero attached hydrogens (tertiary/aromatic N) is 2. The van der Waals surface area contributed by atoms with Crippen molar-refractivity contribution in [2.24, 2.45) is 0 Å². The number of amides is 1. The Bertz CT molecular complexity index is 935. The molecule has 0 fully saturated rings. The van der Waals surface area contributed by atoms with E-state index in [1.165, 1.54) is 25.1 Å². The van der Waals surface area contributed by atoms with Gasteiger partial charge in [0.15, 0.2) is 0 Å². The minimum absolute atomic E-state index is 0.0676. The summed E-state index contributed by atoms with van der Waals surface area (Å²) in [5, 5.41) is 13.7. The molecule has 1 atom stereocenters. The maximum Gasteiger partial charge on any atom is 0.271 e. The number of thioether (sulfide) groups is 1. The predicted octanol–water partition coefficient (Wildman–Crippen LogP) is 2.66. The third-order valence-electron chi connectivity index (χ3n) is 3.80. The minimum Gasteiger partial charge on any atom is -0.353 e. The van der Waals surface area contributed by atoms with Crippen LogP contribution in [0.3, 0.4) is 0 Å². The first-order valence-corrected chi connectivity index (χ1v) is 11.2. The van der Waals surface area contributed by atoms with Crippen molar-refractivity contribution in [3.8, 4) is 0 Å². The fourth-order valence-electron chi connectivity index (χ4n) is 2.56. The van der Waals surface area contributed by atoms with Crippen LogP contribution in [0.5, 0.6) is 0 Å². The summed E-state index contributed by atoms with van der Waals surface area (Å²) in [6.07, 6.45) is 0.959. The molecule has 0 heterocycles. The molecule has 0 unspecified atom stereocenters. The molecular formula is C18H21N3O5S2. The normalized spacial score (nSPS) is 12.2. The summed E-state index contributed by atoms with van der Waals surface area (Å²) in [5.74, 6) is 0.142. The van der Waals surface area contributed by atoms with Crippen molar-refractivity contribution in [1.29, 1.82) is 0 Å². The van der Waals surface area contributed by atoms with Crippen molar-refractivity contribution < 1.29 is 18.1 Å². The Morgan fingerprint density at radius 1 is 1.21 bits per heavy atom. The third-order valence-corrected chi connectivity index (χ3v) is 6.05. The van der Waals surface area contributed by atoms with Crippen molar-refractivity contribution >= 4 is 39.1 Å². The average Bonchev–Trinajstić information content (AvgIpc) is 2.65. The molecule has 10 heteroatoms. The Labute approximate surface area is 168 Å². The van der Waals surface area contributed by atoms with Gasteiger partial charge in [0.05, 0.1) is 16.9 Å². The van der Waals surface area contributed by atoms with E-state index in [4.69, 9.17) is 0 Å². The monoisotopic (exact) mass is 423 g/mol. The summed E-state index contributed by atoms with van der Waals surface area (Å²) in [6.45, 7) is 1.80. The summed E-state index contributed by atoms with van der Waals surface area (Å²) in [4.78, 5) is 23.9. The summed E-state index contributed by atoms with van der Waals surface area (Å²) in [6, 6.07) is 13.8. The zero-order chi connectivity index (χ0) is 20.7. The fourth-order valence-corrected chi connectivity index (χ4v) is 4.52. The molecule has 150 valence electrons. The van der Waals surface area contributed by atoms with Gasteiger partial charge in [-0.15, -0.1) is 11.8 Å². The van der Waals surface area contributed by atoms with Crippen LogP contribution in [0.1, 0.15) is 6.92 Å². The number of sulfonamides is 1. The van der Waals surface area contributed by atoms with E-state index in [1.54, 1.807) is 11.8 Å². The van der Waals surface area contributed by atoms with E-state index in [9.17, 15) is 23.3 Å². The molecule has 0 aliphatic heterocycles. The molecule has 0 aliphatic carbocycles. The molecule has 0 aliphatic rings. The lowest BCUT2D eigenvalue weighted by molar-refractivity contribution is -0.384. The summed E-state index contributed by atoms with van der Waals surface area (Å²) in [7, 11) is -3.83. The molecule has 0 saturated heterocycles. The fraction of sp³-hybridized carbons (Fsp3) is 0.278. The van der Waals surface area contributed by atoms with Gasteiger partial charge in [0.25, 0.3) is 5.69 Å². The van der Waals surface area contributed by atoms with Gasteiger partial charge in [-0.05, 0) is 25.1 Å². The van der Waals surface area contributed by atoms with Crippen LogP contribution in [0.15, 0.2) is 59.5 Å². The van der Waals surface area contributed by atoms with Gasteiger partial charge in [0.1, 0.15) is 6.04 Å². The van der Waals surface area contributed by atoms with Gasteiger partial charge in [0.2, 0.25) is 15.9 Å². The van der Waals surface area contributed by atoms with E-state index in [2.05, 4.69) is 5.32 Å². The largest absolute Gasteiger partial charge is 0.353 e. The first-order valence-electron chi connectivity index (χ1n) is 8.39. The quantitative estimate of drug-likeness (QED) is 0.287. The topological polar surface area (TPSA) is 110 Å². The molecule has 1 N–H and O–H groups in total. The predicted molar refractivity (Wildman–Crippen MR) is 110 cm³/mol. The van der Waals surface area contributed by atoms with Crippen LogP contribution in [0, 0.1) is 10.1 Å². The average molecular weight is 424 g/mol. The van der Waals surface area contributed by atoms with Crippen molar-refractivity contribution in [2.45, 2.75) is 17.9 Å². The molecule has 2 aromatic rings. The van der Waals surface area contributed by atoms with Gasteiger partial charge in [-0.25, -0.2) is 8.42 Å². The Kier molecular flexibility index (Phi) is 7.41. The number of nitro groups is 1. The lowest BCUT2D eigenvalue weighted by Gasteiger charge is -2.28.